The lowest BCUT2D eigenvalue weighted by molar-refractivity contribution is 0.0937. The van der Waals surface area contributed by atoms with E-state index in [0.29, 0.717) is 17.2 Å². The van der Waals surface area contributed by atoms with E-state index in [4.69, 9.17) is 5.73 Å². The minimum atomic E-state index is -0.0424. The third-order valence-electron chi connectivity index (χ3n) is 4.02. The van der Waals surface area contributed by atoms with Gasteiger partial charge in [0.2, 0.25) is 0 Å². The number of carbonyl (C=O) groups is 1. The molecule has 1 saturated heterocycles. The van der Waals surface area contributed by atoms with Crippen molar-refractivity contribution in [2.75, 3.05) is 51.4 Å². The maximum atomic E-state index is 12.4. The number of likely N-dealkylation sites (tertiary alicyclic amines) is 1. The van der Waals surface area contributed by atoms with Crippen LogP contribution < -0.4 is 16.0 Å². The molecule has 2 rings (SSSR count). The van der Waals surface area contributed by atoms with Crippen LogP contribution in [0.4, 0.5) is 11.4 Å². The van der Waals surface area contributed by atoms with Gasteiger partial charge in [0, 0.05) is 38.6 Å². The summed E-state index contributed by atoms with van der Waals surface area (Å²) in [5, 5.41) is 3.06. The number of nitrogens with one attached hydrogen (secondary N) is 1. The van der Waals surface area contributed by atoms with Crippen LogP contribution in [0, 0.1) is 5.92 Å². The Labute approximate surface area is 127 Å². The summed E-state index contributed by atoms with van der Waals surface area (Å²) in [7, 11) is 5.99. The average Bonchev–Trinajstić information content (AvgIpc) is 2.44. The van der Waals surface area contributed by atoms with Crippen molar-refractivity contribution in [3.63, 3.8) is 0 Å². The number of nitrogen functional groups attached to an aromatic ring is 1. The van der Waals surface area contributed by atoms with Gasteiger partial charge in [-0.05, 0) is 50.6 Å². The molecule has 0 aromatic heterocycles. The summed E-state index contributed by atoms with van der Waals surface area (Å²) in [4.78, 5) is 16.7. The van der Waals surface area contributed by atoms with E-state index < -0.39 is 0 Å². The molecule has 5 nitrogen and oxygen atoms in total. The van der Waals surface area contributed by atoms with Crippen molar-refractivity contribution in [1.29, 1.82) is 0 Å². The smallest absolute Gasteiger partial charge is 0.253 e. The quantitative estimate of drug-likeness (QED) is 0.823. The molecule has 1 amide bonds. The van der Waals surface area contributed by atoms with Crippen LogP contribution in [-0.2, 0) is 0 Å². The second kappa shape index (κ2) is 6.80. The molecule has 1 aliphatic heterocycles. The van der Waals surface area contributed by atoms with Crippen LogP contribution in [0.25, 0.3) is 0 Å². The number of hydrogen-bond donors (Lipinski definition) is 2. The molecule has 116 valence electrons. The molecular formula is C16H26N4O. The van der Waals surface area contributed by atoms with E-state index in [0.717, 1.165) is 25.3 Å². The lowest BCUT2D eigenvalue weighted by Crippen LogP contribution is -2.39. The molecule has 21 heavy (non-hydrogen) atoms. The van der Waals surface area contributed by atoms with Crippen LogP contribution in [0.15, 0.2) is 18.2 Å². The zero-order valence-electron chi connectivity index (χ0n) is 13.2. The second-order valence-corrected chi connectivity index (χ2v) is 6.15. The summed E-state index contributed by atoms with van der Waals surface area (Å²) < 4.78 is 0. The Kier molecular flexibility index (Phi) is 5.07. The van der Waals surface area contributed by atoms with Gasteiger partial charge in [-0.1, -0.05) is 0 Å². The molecule has 0 radical (unpaired) electrons. The van der Waals surface area contributed by atoms with Crippen molar-refractivity contribution >= 4 is 17.3 Å². The fraction of sp³-hybridized carbons (Fsp3) is 0.562. The van der Waals surface area contributed by atoms with Crippen molar-refractivity contribution in [3.8, 4) is 0 Å². The zero-order chi connectivity index (χ0) is 15.4. The molecule has 1 aromatic carbocycles. The molecule has 1 aromatic rings. The van der Waals surface area contributed by atoms with Crippen molar-refractivity contribution in [1.82, 2.24) is 10.2 Å². The third-order valence-corrected chi connectivity index (χ3v) is 4.02. The van der Waals surface area contributed by atoms with E-state index in [1.165, 1.54) is 12.8 Å². The molecule has 0 aliphatic carbocycles. The Balaban J connectivity index is 2.01. The van der Waals surface area contributed by atoms with E-state index in [1.807, 2.05) is 31.1 Å². The topological polar surface area (TPSA) is 61.6 Å². The normalized spacial score (nSPS) is 19.3. The van der Waals surface area contributed by atoms with Crippen LogP contribution in [-0.4, -0.2) is 51.6 Å². The number of nitrogens with two attached hydrogens (primary N) is 1. The maximum Gasteiger partial charge on any atom is 0.253 e. The van der Waals surface area contributed by atoms with E-state index in [1.54, 1.807) is 6.07 Å². The minimum Gasteiger partial charge on any atom is -0.399 e. The van der Waals surface area contributed by atoms with Crippen LogP contribution in [0.2, 0.25) is 0 Å². The van der Waals surface area contributed by atoms with E-state index in [-0.39, 0.29) is 5.91 Å². The Hall–Kier alpha value is -1.75. The number of carbonyl (C=O) groups excluding carboxylic acids is 1. The molecule has 1 atom stereocenters. The SMILES string of the molecule is CN1CCCC(CNC(=O)c2cc(N)ccc2N(C)C)C1. The number of rotatable bonds is 4. The number of piperidine rings is 1. The number of anilines is 2. The molecule has 0 saturated carbocycles. The highest BCUT2D eigenvalue weighted by Crippen LogP contribution is 2.21. The number of nitrogens with zero attached hydrogens (tertiary/aromatic N) is 2. The highest BCUT2D eigenvalue weighted by molar-refractivity contribution is 6.00. The molecule has 3 N–H and O–H groups in total. The number of amides is 1. The Bertz CT molecular complexity index is 501. The predicted molar refractivity (Wildman–Crippen MR) is 87.7 cm³/mol. The lowest BCUT2D eigenvalue weighted by Gasteiger charge is -2.29. The molecule has 1 fully saturated rings. The molecule has 1 unspecified atom stereocenters. The molecule has 0 spiro atoms. The Morgan fingerprint density at radius 1 is 1.48 bits per heavy atom. The van der Waals surface area contributed by atoms with Gasteiger partial charge in [0.25, 0.3) is 5.91 Å². The van der Waals surface area contributed by atoms with Crippen molar-refractivity contribution < 1.29 is 4.79 Å². The molecule has 1 aliphatic rings. The van der Waals surface area contributed by atoms with Crippen LogP contribution in [0.5, 0.6) is 0 Å². The summed E-state index contributed by atoms with van der Waals surface area (Å²) in [5.74, 6) is 0.496. The van der Waals surface area contributed by atoms with Crippen molar-refractivity contribution in [2.45, 2.75) is 12.8 Å². The van der Waals surface area contributed by atoms with Gasteiger partial charge in [-0.3, -0.25) is 4.79 Å². The van der Waals surface area contributed by atoms with Crippen molar-refractivity contribution in [3.05, 3.63) is 23.8 Å². The average molecular weight is 290 g/mol. The zero-order valence-corrected chi connectivity index (χ0v) is 13.2. The van der Waals surface area contributed by atoms with Gasteiger partial charge in [0.15, 0.2) is 0 Å². The summed E-state index contributed by atoms with van der Waals surface area (Å²) in [6.07, 6.45) is 2.39. The van der Waals surface area contributed by atoms with E-state index in [2.05, 4.69) is 17.3 Å². The monoisotopic (exact) mass is 290 g/mol. The molecule has 1 heterocycles. The highest BCUT2D eigenvalue weighted by Gasteiger charge is 2.19. The predicted octanol–water partition coefficient (Wildman–Crippen LogP) is 1.41. The first-order valence-electron chi connectivity index (χ1n) is 7.51. The Morgan fingerprint density at radius 2 is 2.24 bits per heavy atom. The van der Waals surface area contributed by atoms with Crippen LogP contribution in [0.1, 0.15) is 23.2 Å². The maximum absolute atomic E-state index is 12.4. The van der Waals surface area contributed by atoms with Gasteiger partial charge >= 0.3 is 0 Å². The summed E-state index contributed by atoms with van der Waals surface area (Å²) in [6, 6.07) is 5.46. The van der Waals surface area contributed by atoms with Gasteiger partial charge in [0.05, 0.1) is 5.56 Å². The summed E-state index contributed by atoms with van der Waals surface area (Å²) >= 11 is 0. The molecule has 5 heteroatoms. The van der Waals surface area contributed by atoms with Crippen LogP contribution >= 0.6 is 0 Å². The first-order valence-corrected chi connectivity index (χ1v) is 7.51. The van der Waals surface area contributed by atoms with E-state index >= 15 is 0 Å². The van der Waals surface area contributed by atoms with Crippen LogP contribution in [0.3, 0.4) is 0 Å². The van der Waals surface area contributed by atoms with Gasteiger partial charge in [-0.2, -0.15) is 0 Å². The highest BCUT2D eigenvalue weighted by atomic mass is 16.1. The largest absolute Gasteiger partial charge is 0.399 e. The van der Waals surface area contributed by atoms with Crippen molar-refractivity contribution in [2.24, 2.45) is 5.92 Å². The first-order chi connectivity index (χ1) is 9.97. The molecular weight excluding hydrogens is 264 g/mol. The first kappa shape index (κ1) is 15.6. The third kappa shape index (κ3) is 4.11. The number of benzene rings is 1. The van der Waals surface area contributed by atoms with Gasteiger partial charge in [-0.15, -0.1) is 0 Å². The minimum absolute atomic E-state index is 0.0424. The second-order valence-electron chi connectivity index (χ2n) is 6.15. The number of hydrogen-bond acceptors (Lipinski definition) is 4. The standard InChI is InChI=1S/C16H26N4O/c1-19(2)15-7-6-13(17)9-14(15)16(21)18-10-12-5-4-8-20(3)11-12/h6-7,9,12H,4-5,8,10-11,17H2,1-3H3,(H,18,21). The summed E-state index contributed by atoms with van der Waals surface area (Å²) in [6.45, 7) is 2.94. The summed E-state index contributed by atoms with van der Waals surface area (Å²) in [5.41, 5.74) is 7.97. The lowest BCUT2D eigenvalue weighted by atomic mass is 9.98. The molecule has 0 bridgehead atoms. The van der Waals surface area contributed by atoms with Gasteiger partial charge in [-0.25, -0.2) is 0 Å². The van der Waals surface area contributed by atoms with E-state index in [9.17, 15) is 4.79 Å². The van der Waals surface area contributed by atoms with Gasteiger partial charge < -0.3 is 20.9 Å². The fourth-order valence-electron chi connectivity index (χ4n) is 2.90. The Morgan fingerprint density at radius 3 is 2.90 bits per heavy atom. The fourth-order valence-corrected chi connectivity index (χ4v) is 2.90. The van der Waals surface area contributed by atoms with Gasteiger partial charge in [0.1, 0.15) is 0 Å².